The second-order valence-corrected chi connectivity index (χ2v) is 2.65. The Morgan fingerprint density at radius 3 is 2.27 bits per heavy atom. The van der Waals surface area contributed by atoms with Crippen LogP contribution in [0.15, 0.2) is 12.7 Å². The number of carbonyl (C=O) groups excluding carboxylic acids is 2. The van der Waals surface area contributed by atoms with Crippen LogP contribution in [-0.4, -0.2) is 31.4 Å². The summed E-state index contributed by atoms with van der Waals surface area (Å²) in [6.45, 7) is 3.73. The van der Waals surface area contributed by atoms with Gasteiger partial charge in [0.15, 0.2) is 6.07 Å². The summed E-state index contributed by atoms with van der Waals surface area (Å²) in [6.07, 6.45) is 1.48. The van der Waals surface area contributed by atoms with Crippen LogP contribution >= 0.6 is 11.6 Å². The molecule has 0 heterocycles. The summed E-state index contributed by atoms with van der Waals surface area (Å²) in [5, 5.41) is 0. The highest BCUT2D eigenvalue weighted by Gasteiger charge is 2.01. The molecule has 15 heavy (non-hydrogen) atoms. The summed E-state index contributed by atoms with van der Waals surface area (Å²) in [7, 11) is 0. The summed E-state index contributed by atoms with van der Waals surface area (Å²) in [6, 6.07) is -0.226. The number of ether oxygens (including phenoxy) is 3. The van der Waals surface area contributed by atoms with Crippen LogP contribution in [0, 0.1) is 0 Å². The van der Waals surface area contributed by atoms with Crippen LogP contribution in [0.3, 0.4) is 0 Å². The number of hydrogen-bond donors (Lipinski definition) is 0. The van der Waals surface area contributed by atoms with Crippen molar-refractivity contribution in [3.8, 4) is 0 Å². The first kappa shape index (κ1) is 13.8. The van der Waals surface area contributed by atoms with E-state index < -0.39 is 12.1 Å². The predicted molar refractivity (Wildman–Crippen MR) is 53.5 cm³/mol. The molecule has 0 aromatic carbocycles. The van der Waals surface area contributed by atoms with Gasteiger partial charge in [-0.25, -0.2) is 9.59 Å². The maximum atomic E-state index is 10.6. The summed E-state index contributed by atoms with van der Waals surface area (Å²) in [4.78, 5) is 21.2. The van der Waals surface area contributed by atoms with Gasteiger partial charge in [0.1, 0.15) is 0 Å². The van der Waals surface area contributed by atoms with Crippen molar-refractivity contribution in [2.24, 2.45) is 0 Å². The number of alkyl halides is 1. The van der Waals surface area contributed by atoms with E-state index in [1.807, 2.05) is 0 Å². The third kappa shape index (κ3) is 9.08. The van der Waals surface area contributed by atoms with Crippen molar-refractivity contribution < 1.29 is 23.8 Å². The summed E-state index contributed by atoms with van der Waals surface area (Å²) >= 11 is 5.12. The molecule has 0 aliphatic heterocycles. The third-order valence-electron chi connectivity index (χ3n) is 1.34. The summed E-state index contributed by atoms with van der Waals surface area (Å²) in [5.41, 5.74) is 0. The quantitative estimate of drug-likeness (QED) is 0.292. The first-order chi connectivity index (χ1) is 7.20. The number of rotatable bonds is 7. The fourth-order valence-electron chi connectivity index (χ4n) is 0.678. The third-order valence-corrected chi connectivity index (χ3v) is 1.45. The van der Waals surface area contributed by atoms with Crippen LogP contribution in [0.4, 0.5) is 4.79 Å². The molecule has 0 saturated heterocycles. The van der Waals surface area contributed by atoms with E-state index in [4.69, 9.17) is 16.3 Å². The molecular weight excluding hydrogens is 224 g/mol. The first-order valence-electron chi connectivity index (χ1n) is 4.35. The average molecular weight is 237 g/mol. The molecule has 0 N–H and O–H groups in total. The van der Waals surface area contributed by atoms with Crippen LogP contribution in [0.25, 0.3) is 0 Å². The number of halogens is 1. The largest absolute Gasteiger partial charge is 0.509 e. The van der Waals surface area contributed by atoms with Crippen molar-refractivity contribution in [2.45, 2.75) is 12.8 Å². The van der Waals surface area contributed by atoms with Gasteiger partial charge >= 0.3 is 12.1 Å². The minimum Gasteiger partial charge on any atom is -0.463 e. The normalized spacial score (nSPS) is 9.13. The molecule has 0 aliphatic rings. The van der Waals surface area contributed by atoms with Gasteiger partial charge in [0, 0.05) is 6.08 Å². The van der Waals surface area contributed by atoms with Crippen LogP contribution < -0.4 is 0 Å². The van der Waals surface area contributed by atoms with Crippen LogP contribution in [-0.2, 0) is 19.0 Å². The molecule has 0 aliphatic carbocycles. The minimum absolute atomic E-state index is 0.210. The molecule has 0 fully saturated rings. The molecule has 5 nitrogen and oxygen atoms in total. The van der Waals surface area contributed by atoms with Gasteiger partial charge in [0.2, 0.25) is 0 Å². The van der Waals surface area contributed by atoms with Crippen molar-refractivity contribution >= 4 is 23.7 Å². The van der Waals surface area contributed by atoms with Crippen molar-refractivity contribution in [1.82, 2.24) is 0 Å². The second kappa shape index (κ2) is 9.33. The molecule has 0 radical (unpaired) electrons. The highest BCUT2D eigenvalue weighted by molar-refractivity contribution is 6.17. The van der Waals surface area contributed by atoms with E-state index in [1.54, 1.807) is 0 Å². The van der Waals surface area contributed by atoms with E-state index in [-0.39, 0.29) is 19.3 Å². The van der Waals surface area contributed by atoms with Gasteiger partial charge in [-0.1, -0.05) is 18.2 Å². The fraction of sp³-hybridized carbons (Fsp3) is 0.556. The van der Waals surface area contributed by atoms with Crippen molar-refractivity contribution in [1.29, 1.82) is 0 Å². The lowest BCUT2D eigenvalue weighted by Crippen LogP contribution is -2.08. The van der Waals surface area contributed by atoms with Crippen molar-refractivity contribution in [3.05, 3.63) is 12.7 Å². The zero-order chi connectivity index (χ0) is 11.5. The molecule has 0 atom stereocenters. The molecule has 86 valence electrons. The lowest BCUT2D eigenvalue weighted by atomic mass is 10.3. The molecule has 0 rings (SSSR count). The van der Waals surface area contributed by atoms with Gasteiger partial charge in [0.05, 0.1) is 13.2 Å². The van der Waals surface area contributed by atoms with Crippen molar-refractivity contribution in [3.63, 3.8) is 0 Å². The Labute approximate surface area is 92.9 Å². The monoisotopic (exact) mass is 236 g/mol. The fourth-order valence-corrected chi connectivity index (χ4v) is 0.767. The smallest absolute Gasteiger partial charge is 0.463 e. The SMILES string of the molecule is C=CC(=O)OCCCCOC(=O)OCCl. The summed E-state index contributed by atoms with van der Waals surface area (Å²) < 4.78 is 13.6. The van der Waals surface area contributed by atoms with E-state index in [1.165, 1.54) is 0 Å². The Morgan fingerprint density at radius 1 is 1.13 bits per heavy atom. The average Bonchev–Trinajstić information content (AvgIpc) is 2.23. The topological polar surface area (TPSA) is 61.8 Å². The first-order valence-corrected chi connectivity index (χ1v) is 4.89. The van der Waals surface area contributed by atoms with Crippen LogP contribution in [0.2, 0.25) is 0 Å². The van der Waals surface area contributed by atoms with E-state index in [0.29, 0.717) is 12.8 Å². The van der Waals surface area contributed by atoms with Crippen LogP contribution in [0.1, 0.15) is 12.8 Å². The number of carbonyl (C=O) groups is 2. The number of unbranched alkanes of at least 4 members (excludes halogenated alkanes) is 1. The Bertz CT molecular complexity index is 217. The van der Waals surface area contributed by atoms with Crippen LogP contribution in [0.5, 0.6) is 0 Å². The van der Waals surface area contributed by atoms with Gasteiger partial charge in [-0.2, -0.15) is 0 Å². The zero-order valence-corrected chi connectivity index (χ0v) is 9.00. The number of hydrogen-bond acceptors (Lipinski definition) is 5. The zero-order valence-electron chi connectivity index (χ0n) is 8.24. The Balaban J connectivity index is 3.21. The highest BCUT2D eigenvalue weighted by Crippen LogP contribution is 1.94. The molecule has 0 aromatic rings. The van der Waals surface area contributed by atoms with E-state index in [9.17, 15) is 9.59 Å². The number of esters is 1. The Hall–Kier alpha value is -1.23. The molecule has 0 amide bonds. The van der Waals surface area contributed by atoms with Crippen molar-refractivity contribution in [2.75, 3.05) is 19.3 Å². The predicted octanol–water partition coefficient (Wildman–Crippen LogP) is 1.85. The second-order valence-electron chi connectivity index (χ2n) is 2.43. The minimum atomic E-state index is -0.798. The summed E-state index contributed by atoms with van der Waals surface area (Å²) in [5.74, 6) is -0.461. The molecule has 0 saturated carbocycles. The molecular formula is C9H13ClO5. The standard InChI is InChI=1S/C9H13ClO5/c1-2-8(11)13-5-3-4-6-14-9(12)15-7-10/h2H,1,3-7H2. The maximum Gasteiger partial charge on any atom is 0.509 e. The maximum absolute atomic E-state index is 10.6. The lowest BCUT2D eigenvalue weighted by Gasteiger charge is -2.03. The molecule has 6 heteroatoms. The van der Waals surface area contributed by atoms with Gasteiger partial charge in [-0.05, 0) is 12.8 Å². The van der Waals surface area contributed by atoms with Gasteiger partial charge < -0.3 is 14.2 Å². The van der Waals surface area contributed by atoms with Gasteiger partial charge in [0.25, 0.3) is 0 Å². The lowest BCUT2D eigenvalue weighted by molar-refractivity contribution is -0.137. The molecule has 0 unspecified atom stereocenters. The van der Waals surface area contributed by atoms with Gasteiger partial charge in [-0.15, -0.1) is 0 Å². The Morgan fingerprint density at radius 2 is 1.73 bits per heavy atom. The molecule has 0 spiro atoms. The Kier molecular flexibility index (Phi) is 8.56. The molecule has 0 aromatic heterocycles. The van der Waals surface area contributed by atoms with Gasteiger partial charge in [-0.3, -0.25) is 0 Å². The van der Waals surface area contributed by atoms with E-state index in [2.05, 4.69) is 16.1 Å². The van der Waals surface area contributed by atoms with E-state index in [0.717, 1.165) is 6.08 Å². The highest BCUT2D eigenvalue weighted by atomic mass is 35.5. The molecule has 0 bridgehead atoms. The van der Waals surface area contributed by atoms with E-state index >= 15 is 0 Å².